The smallest absolute Gasteiger partial charge is 0.344 e. The Kier molecular flexibility index (Phi) is 6.76. The Balaban J connectivity index is 2.18. The van der Waals surface area contributed by atoms with Gasteiger partial charge >= 0.3 is 5.97 Å². The second kappa shape index (κ2) is 8.82. The molecule has 0 bridgehead atoms. The molecule has 2 aromatic carbocycles. The van der Waals surface area contributed by atoms with Crippen molar-refractivity contribution in [2.24, 2.45) is 5.73 Å². The topological polar surface area (TPSA) is 95.7 Å². The summed E-state index contributed by atoms with van der Waals surface area (Å²) in [5.41, 5.74) is 6.74. The van der Waals surface area contributed by atoms with Gasteiger partial charge in [-0.3, -0.25) is 0 Å². The van der Waals surface area contributed by atoms with Crippen LogP contribution >= 0.6 is 0 Å². The molecular formula is C19H23NO5S. The zero-order chi connectivity index (χ0) is 19.2. The Morgan fingerprint density at radius 1 is 1.12 bits per heavy atom. The van der Waals surface area contributed by atoms with Gasteiger partial charge in [-0.1, -0.05) is 18.2 Å². The quantitative estimate of drug-likeness (QED) is 0.710. The van der Waals surface area contributed by atoms with E-state index in [0.29, 0.717) is 6.42 Å². The summed E-state index contributed by atoms with van der Waals surface area (Å²) in [6.45, 7) is 3.58. The largest absolute Gasteiger partial charge is 0.482 e. The zero-order valence-electron chi connectivity index (χ0n) is 14.8. The molecule has 0 unspecified atom stereocenters. The van der Waals surface area contributed by atoms with Crippen LogP contribution in [-0.4, -0.2) is 33.6 Å². The van der Waals surface area contributed by atoms with Crippen molar-refractivity contribution in [3.63, 3.8) is 0 Å². The summed E-state index contributed by atoms with van der Waals surface area (Å²) < 4.78 is 35.7. The van der Waals surface area contributed by atoms with Gasteiger partial charge in [-0.2, -0.15) is 0 Å². The first-order valence-electron chi connectivity index (χ1n) is 8.31. The lowest BCUT2D eigenvalue weighted by Gasteiger charge is -2.10. The van der Waals surface area contributed by atoms with Gasteiger partial charge in [0.1, 0.15) is 5.75 Å². The van der Waals surface area contributed by atoms with Gasteiger partial charge in [0.25, 0.3) is 0 Å². The Morgan fingerprint density at radius 2 is 1.81 bits per heavy atom. The molecule has 0 aliphatic carbocycles. The molecule has 1 atom stereocenters. The molecule has 2 rings (SSSR count). The molecule has 0 spiro atoms. The van der Waals surface area contributed by atoms with E-state index < -0.39 is 15.8 Å². The van der Waals surface area contributed by atoms with Crippen molar-refractivity contribution in [2.45, 2.75) is 36.1 Å². The van der Waals surface area contributed by atoms with E-state index in [2.05, 4.69) is 0 Å². The van der Waals surface area contributed by atoms with Crippen LogP contribution < -0.4 is 10.5 Å². The molecule has 140 valence electrons. The van der Waals surface area contributed by atoms with Crippen molar-refractivity contribution < 1.29 is 22.7 Å². The summed E-state index contributed by atoms with van der Waals surface area (Å²) in [6.07, 6.45) is 0.678. The van der Waals surface area contributed by atoms with Crippen LogP contribution in [0.5, 0.6) is 5.75 Å². The zero-order valence-corrected chi connectivity index (χ0v) is 15.7. The molecular weight excluding hydrogens is 354 g/mol. The number of hydrogen-bond acceptors (Lipinski definition) is 6. The van der Waals surface area contributed by atoms with Gasteiger partial charge in [0, 0.05) is 6.04 Å². The van der Waals surface area contributed by atoms with Crippen molar-refractivity contribution in [1.82, 2.24) is 0 Å². The first-order chi connectivity index (χ1) is 12.3. The maximum Gasteiger partial charge on any atom is 0.344 e. The molecule has 0 heterocycles. The van der Waals surface area contributed by atoms with Crippen molar-refractivity contribution in [3.8, 4) is 5.75 Å². The van der Waals surface area contributed by atoms with E-state index >= 15 is 0 Å². The van der Waals surface area contributed by atoms with Crippen LogP contribution in [0.4, 0.5) is 0 Å². The lowest BCUT2D eigenvalue weighted by molar-refractivity contribution is -0.145. The minimum atomic E-state index is -3.68. The number of nitrogens with two attached hydrogens (primary N) is 1. The first-order valence-corrected chi connectivity index (χ1v) is 9.79. The average Bonchev–Trinajstić information content (AvgIpc) is 2.60. The maximum atomic E-state index is 12.8. The third-order valence-electron chi connectivity index (χ3n) is 3.57. The summed E-state index contributed by atoms with van der Waals surface area (Å²) in [7, 11) is -3.68. The number of carbonyl (C=O) groups is 1. The highest BCUT2D eigenvalue weighted by Gasteiger charge is 2.18. The molecule has 6 nitrogen and oxygen atoms in total. The number of carbonyl (C=O) groups excluding carboxylic acids is 1. The summed E-state index contributed by atoms with van der Waals surface area (Å²) in [5, 5.41) is 0. The fourth-order valence-corrected chi connectivity index (χ4v) is 3.68. The normalized spacial score (nSPS) is 12.4. The van der Waals surface area contributed by atoms with Crippen LogP contribution in [0.3, 0.4) is 0 Å². The number of rotatable bonds is 8. The van der Waals surface area contributed by atoms with Crippen LogP contribution in [0.1, 0.15) is 19.4 Å². The van der Waals surface area contributed by atoms with E-state index in [1.54, 1.807) is 43.3 Å². The maximum absolute atomic E-state index is 12.8. The SMILES string of the molecule is CCOC(=O)COc1cccc(S(=O)(=O)c2ccc(C[C@@H](C)N)cc2)c1. The molecule has 0 saturated heterocycles. The van der Waals surface area contributed by atoms with E-state index in [4.69, 9.17) is 15.2 Å². The van der Waals surface area contributed by atoms with Gasteiger partial charge in [0.05, 0.1) is 16.4 Å². The second-order valence-corrected chi connectivity index (χ2v) is 7.85. The average molecular weight is 377 g/mol. The number of hydrogen-bond donors (Lipinski definition) is 1. The Hall–Kier alpha value is -2.38. The van der Waals surface area contributed by atoms with E-state index in [1.807, 2.05) is 6.92 Å². The number of esters is 1. The van der Waals surface area contributed by atoms with Gasteiger partial charge in [-0.05, 0) is 56.2 Å². The minimum absolute atomic E-state index is 0.00526. The first kappa shape index (κ1) is 19.9. The fraction of sp³-hybridized carbons (Fsp3) is 0.316. The third-order valence-corrected chi connectivity index (χ3v) is 5.34. The fourth-order valence-electron chi connectivity index (χ4n) is 2.39. The molecule has 0 fully saturated rings. The highest BCUT2D eigenvalue weighted by Crippen LogP contribution is 2.24. The van der Waals surface area contributed by atoms with Crippen LogP contribution in [0.15, 0.2) is 58.3 Å². The van der Waals surface area contributed by atoms with E-state index in [9.17, 15) is 13.2 Å². The Labute approximate surface area is 153 Å². The van der Waals surface area contributed by atoms with Crippen molar-refractivity contribution >= 4 is 15.8 Å². The van der Waals surface area contributed by atoms with Gasteiger partial charge in [0.15, 0.2) is 6.61 Å². The third kappa shape index (κ3) is 5.31. The molecule has 26 heavy (non-hydrogen) atoms. The van der Waals surface area contributed by atoms with Gasteiger partial charge in [-0.25, -0.2) is 13.2 Å². The molecule has 0 radical (unpaired) electrons. The summed E-state index contributed by atoms with van der Waals surface area (Å²) in [5.74, 6) is -0.224. The highest BCUT2D eigenvalue weighted by molar-refractivity contribution is 7.91. The highest BCUT2D eigenvalue weighted by atomic mass is 32.2. The lowest BCUT2D eigenvalue weighted by atomic mass is 10.1. The van der Waals surface area contributed by atoms with E-state index in [1.165, 1.54) is 12.1 Å². The summed E-state index contributed by atoms with van der Waals surface area (Å²) in [4.78, 5) is 11.6. The van der Waals surface area contributed by atoms with Crippen LogP contribution in [0.2, 0.25) is 0 Å². The molecule has 0 amide bonds. The molecule has 0 aliphatic rings. The molecule has 0 aromatic heterocycles. The summed E-state index contributed by atoms with van der Waals surface area (Å²) in [6, 6.07) is 12.7. The number of benzene rings is 2. The molecule has 2 aromatic rings. The Bertz CT molecular complexity index is 844. The van der Waals surface area contributed by atoms with Crippen LogP contribution in [0, 0.1) is 0 Å². The van der Waals surface area contributed by atoms with Crippen molar-refractivity contribution in [3.05, 3.63) is 54.1 Å². The van der Waals surface area contributed by atoms with E-state index in [0.717, 1.165) is 5.56 Å². The molecule has 0 aliphatic heterocycles. The van der Waals surface area contributed by atoms with Crippen LogP contribution in [-0.2, 0) is 25.8 Å². The van der Waals surface area contributed by atoms with Gasteiger partial charge in [0.2, 0.25) is 9.84 Å². The van der Waals surface area contributed by atoms with Gasteiger partial charge < -0.3 is 15.2 Å². The number of sulfone groups is 1. The predicted molar refractivity (Wildman–Crippen MR) is 97.8 cm³/mol. The standard InChI is InChI=1S/C19H23NO5S/c1-3-24-19(21)13-25-16-5-4-6-18(12-16)26(22,23)17-9-7-15(8-10-17)11-14(2)20/h4-10,12,14H,3,11,13,20H2,1-2H3/t14-/m1/s1. The van der Waals surface area contributed by atoms with Crippen LogP contribution in [0.25, 0.3) is 0 Å². The molecule has 2 N–H and O–H groups in total. The van der Waals surface area contributed by atoms with Gasteiger partial charge in [-0.15, -0.1) is 0 Å². The summed E-state index contributed by atoms with van der Waals surface area (Å²) >= 11 is 0. The van der Waals surface area contributed by atoms with E-state index in [-0.39, 0.29) is 34.8 Å². The predicted octanol–water partition coefficient (Wildman–Crippen LogP) is 2.35. The number of ether oxygens (including phenoxy) is 2. The minimum Gasteiger partial charge on any atom is -0.482 e. The monoisotopic (exact) mass is 377 g/mol. The Morgan fingerprint density at radius 3 is 2.42 bits per heavy atom. The lowest BCUT2D eigenvalue weighted by Crippen LogP contribution is -2.17. The molecule has 0 saturated carbocycles. The second-order valence-electron chi connectivity index (χ2n) is 5.90. The van der Waals surface area contributed by atoms with Crippen molar-refractivity contribution in [2.75, 3.05) is 13.2 Å². The molecule has 7 heteroatoms. The van der Waals surface area contributed by atoms with Crippen molar-refractivity contribution in [1.29, 1.82) is 0 Å².